The van der Waals surface area contributed by atoms with Gasteiger partial charge in [0.05, 0.1) is 16.3 Å². The first-order valence-electron chi connectivity index (χ1n) is 3.94. The van der Waals surface area contributed by atoms with E-state index >= 15 is 0 Å². The molecule has 0 fully saturated rings. The smallest absolute Gasteiger partial charge is 0.150 e. The average molecular weight is 203 g/mol. The van der Waals surface area contributed by atoms with Crippen LogP contribution < -0.4 is 5.73 Å². The first-order chi connectivity index (χ1) is 5.84. The Hall–Kier alpha value is -0.670. The Morgan fingerprint density at radius 3 is 2.54 bits per heavy atom. The molecule has 0 amide bonds. The van der Waals surface area contributed by atoms with E-state index in [1.54, 1.807) is 20.8 Å². The number of hydrogen-bond acceptors (Lipinski definition) is 2. The van der Waals surface area contributed by atoms with Crippen molar-refractivity contribution in [2.24, 2.45) is 5.73 Å². The normalized spacial score (nSPS) is 11.8. The van der Waals surface area contributed by atoms with E-state index in [-0.39, 0.29) is 5.69 Å². The zero-order valence-electron chi connectivity index (χ0n) is 7.86. The number of rotatable bonds is 1. The zero-order valence-corrected chi connectivity index (χ0v) is 8.61. The molecule has 4 heteroatoms. The summed E-state index contributed by atoms with van der Waals surface area (Å²) in [5, 5.41) is 0.325. The number of nitrogens with two attached hydrogens (primary N) is 1. The van der Waals surface area contributed by atoms with Crippen LogP contribution in [0.25, 0.3) is 0 Å². The van der Waals surface area contributed by atoms with Crippen LogP contribution in [0.3, 0.4) is 0 Å². The third-order valence-electron chi connectivity index (χ3n) is 1.81. The maximum atomic E-state index is 13.5. The number of halogens is 2. The van der Waals surface area contributed by atoms with Crippen molar-refractivity contribution in [1.82, 2.24) is 4.98 Å². The molecule has 0 spiro atoms. The topological polar surface area (TPSA) is 38.9 Å². The second kappa shape index (κ2) is 3.24. The van der Waals surface area contributed by atoms with Gasteiger partial charge in [-0.05, 0) is 20.8 Å². The molecule has 72 valence electrons. The van der Waals surface area contributed by atoms with Crippen LogP contribution in [0, 0.1) is 12.7 Å². The van der Waals surface area contributed by atoms with Gasteiger partial charge in [-0.2, -0.15) is 0 Å². The predicted molar refractivity (Wildman–Crippen MR) is 51.2 cm³/mol. The van der Waals surface area contributed by atoms with E-state index in [9.17, 15) is 4.39 Å². The van der Waals surface area contributed by atoms with Gasteiger partial charge in [0.25, 0.3) is 0 Å². The molecular formula is C9H12ClFN2. The van der Waals surface area contributed by atoms with Gasteiger partial charge >= 0.3 is 0 Å². The van der Waals surface area contributed by atoms with E-state index in [0.29, 0.717) is 10.6 Å². The molecule has 0 radical (unpaired) electrons. The molecule has 0 aliphatic carbocycles. The summed E-state index contributed by atoms with van der Waals surface area (Å²) in [5.41, 5.74) is 5.59. The average Bonchev–Trinajstić information content (AvgIpc) is 1.98. The first-order valence-corrected chi connectivity index (χ1v) is 4.32. The van der Waals surface area contributed by atoms with Gasteiger partial charge in [-0.15, -0.1) is 0 Å². The van der Waals surface area contributed by atoms with E-state index < -0.39 is 11.4 Å². The van der Waals surface area contributed by atoms with Gasteiger partial charge in [-0.1, -0.05) is 11.6 Å². The van der Waals surface area contributed by atoms with Crippen molar-refractivity contribution >= 4 is 11.6 Å². The number of aromatic nitrogens is 1. The summed E-state index contributed by atoms with van der Waals surface area (Å²) in [6.07, 6.45) is 1.42. The lowest BCUT2D eigenvalue weighted by molar-refractivity contribution is 0.479. The minimum absolute atomic E-state index is 0.245. The fourth-order valence-corrected chi connectivity index (χ4v) is 1.14. The Morgan fingerprint density at radius 2 is 2.08 bits per heavy atom. The Bertz CT molecular complexity index is 331. The third-order valence-corrected chi connectivity index (χ3v) is 2.19. The summed E-state index contributed by atoms with van der Waals surface area (Å²) in [6.45, 7) is 5.01. The van der Waals surface area contributed by atoms with Crippen molar-refractivity contribution in [2.45, 2.75) is 26.3 Å². The van der Waals surface area contributed by atoms with Crippen LogP contribution in [-0.2, 0) is 5.54 Å². The van der Waals surface area contributed by atoms with Crippen molar-refractivity contribution < 1.29 is 4.39 Å². The molecular weight excluding hydrogens is 191 g/mol. The summed E-state index contributed by atoms with van der Waals surface area (Å²) in [5.74, 6) is -0.417. The maximum Gasteiger partial charge on any atom is 0.150 e. The quantitative estimate of drug-likeness (QED) is 0.760. The molecule has 1 heterocycles. The van der Waals surface area contributed by atoms with Gasteiger partial charge < -0.3 is 5.73 Å². The van der Waals surface area contributed by atoms with Crippen molar-refractivity contribution in [1.29, 1.82) is 0 Å². The lowest BCUT2D eigenvalue weighted by atomic mass is 9.99. The molecule has 2 N–H and O–H groups in total. The monoisotopic (exact) mass is 202 g/mol. The van der Waals surface area contributed by atoms with E-state index in [1.165, 1.54) is 6.20 Å². The summed E-state index contributed by atoms with van der Waals surface area (Å²) in [6, 6.07) is 0. The number of pyridine rings is 1. The van der Waals surface area contributed by atoms with E-state index in [0.717, 1.165) is 0 Å². The molecule has 0 aliphatic heterocycles. The van der Waals surface area contributed by atoms with Crippen LogP contribution >= 0.6 is 11.6 Å². The molecule has 2 nitrogen and oxygen atoms in total. The molecule has 0 saturated carbocycles. The summed E-state index contributed by atoms with van der Waals surface area (Å²) < 4.78 is 13.5. The molecule has 1 rings (SSSR count). The number of nitrogens with zero attached hydrogens (tertiary/aromatic N) is 1. The highest BCUT2D eigenvalue weighted by Gasteiger charge is 2.22. The molecule has 0 aliphatic rings. The fourth-order valence-electron chi connectivity index (χ4n) is 1.01. The highest BCUT2D eigenvalue weighted by atomic mass is 35.5. The Morgan fingerprint density at radius 1 is 1.54 bits per heavy atom. The molecule has 13 heavy (non-hydrogen) atoms. The van der Waals surface area contributed by atoms with E-state index in [2.05, 4.69) is 4.98 Å². The highest BCUT2D eigenvalue weighted by Crippen LogP contribution is 2.24. The standard InChI is InChI=1S/C9H12ClFN2/c1-5-6(10)4-13-8(7(5)11)9(2,3)12/h4H,12H2,1-3H3. The van der Waals surface area contributed by atoms with Gasteiger partial charge in [-0.25, -0.2) is 4.39 Å². The highest BCUT2D eigenvalue weighted by molar-refractivity contribution is 6.31. The minimum atomic E-state index is -0.778. The molecule has 0 unspecified atom stereocenters. The van der Waals surface area contributed by atoms with Gasteiger partial charge in [0.2, 0.25) is 0 Å². The second-order valence-corrected chi connectivity index (χ2v) is 4.02. The van der Waals surface area contributed by atoms with Gasteiger partial charge in [0.15, 0.2) is 5.82 Å². The lowest BCUT2D eigenvalue weighted by Gasteiger charge is -2.19. The summed E-state index contributed by atoms with van der Waals surface area (Å²) in [7, 11) is 0. The van der Waals surface area contributed by atoms with Crippen LogP contribution in [0.2, 0.25) is 5.02 Å². The summed E-state index contributed by atoms with van der Waals surface area (Å²) >= 11 is 5.69. The molecule has 0 aromatic carbocycles. The van der Waals surface area contributed by atoms with Crippen molar-refractivity contribution in [3.63, 3.8) is 0 Å². The first kappa shape index (κ1) is 10.4. The molecule has 0 atom stereocenters. The largest absolute Gasteiger partial charge is 0.320 e. The molecule has 1 aromatic heterocycles. The summed E-state index contributed by atoms with van der Waals surface area (Å²) in [4.78, 5) is 3.88. The fraction of sp³-hybridized carbons (Fsp3) is 0.444. The van der Waals surface area contributed by atoms with Gasteiger partial charge in [0, 0.05) is 11.8 Å². The SMILES string of the molecule is Cc1c(Cl)cnc(C(C)(C)N)c1F. The van der Waals surface area contributed by atoms with Crippen LogP contribution in [0.15, 0.2) is 6.20 Å². The third kappa shape index (κ3) is 1.98. The van der Waals surface area contributed by atoms with Gasteiger partial charge in [-0.3, -0.25) is 4.98 Å². The predicted octanol–water partition coefficient (Wildman–Crippen LogP) is 2.38. The Labute approximate surface area is 81.9 Å². The lowest BCUT2D eigenvalue weighted by Crippen LogP contribution is -2.31. The van der Waals surface area contributed by atoms with E-state index in [1.807, 2.05) is 0 Å². The van der Waals surface area contributed by atoms with Crippen LogP contribution in [-0.4, -0.2) is 4.98 Å². The minimum Gasteiger partial charge on any atom is -0.320 e. The van der Waals surface area contributed by atoms with E-state index in [4.69, 9.17) is 17.3 Å². The van der Waals surface area contributed by atoms with Crippen molar-refractivity contribution in [3.05, 3.63) is 28.3 Å². The number of hydrogen-bond donors (Lipinski definition) is 1. The molecule has 0 bridgehead atoms. The van der Waals surface area contributed by atoms with Crippen LogP contribution in [0.1, 0.15) is 25.1 Å². The van der Waals surface area contributed by atoms with Crippen LogP contribution in [0.5, 0.6) is 0 Å². The van der Waals surface area contributed by atoms with Gasteiger partial charge in [0.1, 0.15) is 0 Å². The second-order valence-electron chi connectivity index (χ2n) is 3.62. The Balaban J connectivity index is 3.35. The van der Waals surface area contributed by atoms with Crippen molar-refractivity contribution in [3.8, 4) is 0 Å². The molecule has 0 saturated heterocycles. The van der Waals surface area contributed by atoms with Crippen LogP contribution in [0.4, 0.5) is 4.39 Å². The zero-order chi connectivity index (χ0) is 10.2. The molecule has 1 aromatic rings. The van der Waals surface area contributed by atoms with Crippen molar-refractivity contribution in [2.75, 3.05) is 0 Å². The maximum absolute atomic E-state index is 13.5. The Kier molecular flexibility index (Phi) is 2.59.